The first-order chi connectivity index (χ1) is 52.2. The first-order valence-corrected chi connectivity index (χ1v) is 45.8. The molecule has 8 atom stereocenters. The average molecular weight is 1580 g/mol. The fraction of sp³-hybridized carbons (Fsp3) is 0.878. The fourth-order valence-corrected chi connectivity index (χ4v) is 13.6. The van der Waals surface area contributed by atoms with Gasteiger partial charge in [-0.05, 0) is 116 Å². The molecule has 26 heteroatoms. The number of rotatable bonds is 81. The predicted octanol–water partition coefficient (Wildman–Crippen LogP) is 17.8. The molecule has 0 aliphatic carbocycles. The summed E-state index contributed by atoms with van der Waals surface area (Å²) in [5.74, 6) is -2.25. The molecule has 634 valence electrons. The number of esters is 2. The molecule has 0 aromatic carbocycles. The van der Waals surface area contributed by atoms with E-state index in [1.807, 2.05) is 0 Å². The van der Waals surface area contributed by atoms with Crippen LogP contribution in [0, 0.1) is 0 Å². The Morgan fingerprint density at radius 2 is 0.639 bits per heavy atom. The summed E-state index contributed by atoms with van der Waals surface area (Å²) in [5.41, 5.74) is 0. The van der Waals surface area contributed by atoms with Gasteiger partial charge < -0.3 is 60.2 Å². The molecule has 0 saturated heterocycles. The number of aliphatic hydroxyl groups is 2. The van der Waals surface area contributed by atoms with Gasteiger partial charge in [-0.15, -0.1) is 0 Å². The number of aliphatic hydroxyl groups excluding tert-OH is 2. The van der Waals surface area contributed by atoms with Crippen LogP contribution in [0.15, 0.2) is 24.3 Å². The Kier molecular flexibility index (Phi) is 72.2. The van der Waals surface area contributed by atoms with Crippen molar-refractivity contribution in [2.24, 2.45) is 0 Å². The summed E-state index contributed by atoms with van der Waals surface area (Å²) in [6, 6.07) is -1.81. The zero-order valence-corrected chi connectivity index (χ0v) is 70.2. The van der Waals surface area contributed by atoms with Gasteiger partial charge in [0.05, 0.1) is 76.8 Å². The number of phosphoric ester groups is 2. The monoisotopic (exact) mass is 1580 g/mol. The molecule has 0 saturated carbocycles. The molecular weight excluding hydrogens is 1420 g/mol. The van der Waals surface area contributed by atoms with E-state index < -0.39 is 77.2 Å². The number of unbranched alkanes of at least 4 members (excludes halogenated alkanes) is 29. The van der Waals surface area contributed by atoms with Gasteiger partial charge in [0.2, 0.25) is 23.6 Å². The lowest BCUT2D eigenvalue weighted by Crippen LogP contribution is -2.43. The van der Waals surface area contributed by atoms with Gasteiger partial charge in [0, 0.05) is 52.0 Å². The van der Waals surface area contributed by atoms with Crippen molar-refractivity contribution in [2.75, 3.05) is 65.9 Å². The first kappa shape index (κ1) is 104. The van der Waals surface area contributed by atoms with E-state index in [1.54, 1.807) is 0 Å². The lowest BCUT2D eigenvalue weighted by atomic mass is 10.1. The third-order valence-corrected chi connectivity index (χ3v) is 20.6. The molecule has 0 aliphatic rings. The summed E-state index contributed by atoms with van der Waals surface area (Å²) < 4.78 is 70.7. The Bertz CT molecular complexity index is 2180. The van der Waals surface area contributed by atoms with Crippen LogP contribution >= 0.6 is 15.6 Å². The fourth-order valence-electron chi connectivity index (χ4n) is 12.1. The van der Waals surface area contributed by atoms with Crippen LogP contribution in [-0.2, 0) is 74.9 Å². The number of ether oxygens (including phenoxy) is 4. The first-order valence-electron chi connectivity index (χ1n) is 42.8. The maximum absolute atomic E-state index is 13.6. The van der Waals surface area contributed by atoms with E-state index in [2.05, 4.69) is 87.1 Å². The van der Waals surface area contributed by atoms with Gasteiger partial charge in [0.25, 0.3) is 0 Å². The smallest absolute Gasteiger partial charge is 0.462 e. The van der Waals surface area contributed by atoms with Crippen molar-refractivity contribution in [1.29, 1.82) is 0 Å². The van der Waals surface area contributed by atoms with Crippen molar-refractivity contribution in [3.63, 3.8) is 0 Å². The quantitative estimate of drug-likeness (QED) is 0.0121. The molecule has 0 fully saturated rings. The Balaban J connectivity index is 5.31. The van der Waals surface area contributed by atoms with Crippen molar-refractivity contribution in [3.8, 4) is 0 Å². The molecule has 24 nitrogen and oxygen atoms in total. The highest BCUT2D eigenvalue weighted by Crippen LogP contribution is 2.44. The minimum Gasteiger partial charge on any atom is -0.462 e. The molecule has 0 rings (SSSR count). The third-order valence-electron chi connectivity index (χ3n) is 18.6. The van der Waals surface area contributed by atoms with Crippen LogP contribution in [0.2, 0.25) is 0 Å². The van der Waals surface area contributed by atoms with Crippen molar-refractivity contribution in [1.82, 2.24) is 21.3 Å². The van der Waals surface area contributed by atoms with Gasteiger partial charge in [-0.25, -0.2) is 9.13 Å². The second-order valence-corrected chi connectivity index (χ2v) is 32.1. The summed E-state index contributed by atoms with van der Waals surface area (Å²) in [5, 5.41) is 32.2. The second kappa shape index (κ2) is 74.8. The van der Waals surface area contributed by atoms with Crippen LogP contribution in [-0.4, -0.2) is 158 Å². The maximum atomic E-state index is 13.6. The standard InChI is InChI=1S/C82H156N4O20P2/c1-7-13-19-25-27-29-31-37-47-55-81(93)105-75(51-43-35-23-17-11-5)65-79(91)85-71(67-99-61-57-73(87)49-41-33-21-15-9-3)69-103-107(95,96)101-63-59-83-77(89)53-45-39-40-46-54-78(90)84-60-64-102-108(97,98)104-70-72(68-100-62-58-74(88)50-42-34-22-16-10-4)86-80(92)66-76(52-44-36-24-18-12-6)106-82(94)56-48-38-32-30-28-26-20-14-8-2/h29-32,71-76,87-88H,7-28,33-70H2,1-6H3,(H,83,89)(H,84,90)(H,85,91)(H,86,92)(H,95,96)(H,97,98)/b31-29-,32-30-/t71?,72?,73?,74?,75-,76-/m1/s1. The molecule has 0 spiro atoms. The Hall–Kier alpha value is -3.64. The van der Waals surface area contributed by atoms with E-state index >= 15 is 0 Å². The molecule has 0 radical (unpaired) electrons. The van der Waals surface area contributed by atoms with E-state index in [0.29, 0.717) is 77.0 Å². The number of allylic oxidation sites excluding steroid dienone is 4. The van der Waals surface area contributed by atoms with E-state index in [4.69, 9.17) is 37.0 Å². The van der Waals surface area contributed by atoms with E-state index in [0.717, 1.165) is 167 Å². The third kappa shape index (κ3) is 71.4. The SMILES string of the molecule is CCCCCC/C=C\CCCC(=O)O[C@H](CCCCCCC)CC(=O)NC(COCCC(O)CCCCCCC)COP(=O)(O)OCCNC(=O)CCCCCCC(=O)NCCOP(=O)(O)OCC(COCCC(O)CCCCCCC)NC(=O)C[C@@H](CCCCCCC)OC(=O)CCC/C=C\CCCCCC. The number of hydrogen-bond donors (Lipinski definition) is 8. The van der Waals surface area contributed by atoms with Gasteiger partial charge in [0.1, 0.15) is 12.2 Å². The Labute approximate surface area is 653 Å². The lowest BCUT2D eigenvalue weighted by Gasteiger charge is -2.23. The predicted molar refractivity (Wildman–Crippen MR) is 430 cm³/mol. The number of amides is 4. The molecule has 0 aromatic rings. The van der Waals surface area contributed by atoms with Crippen molar-refractivity contribution < 1.29 is 94.9 Å². The largest absolute Gasteiger partial charge is 0.472 e. The molecule has 8 N–H and O–H groups in total. The lowest BCUT2D eigenvalue weighted by molar-refractivity contribution is -0.152. The van der Waals surface area contributed by atoms with E-state index in [1.165, 1.54) is 38.5 Å². The number of phosphoric acid groups is 2. The van der Waals surface area contributed by atoms with Crippen LogP contribution in [0.1, 0.15) is 363 Å². The van der Waals surface area contributed by atoms with Crippen molar-refractivity contribution in [2.45, 2.75) is 399 Å². The molecule has 108 heavy (non-hydrogen) atoms. The highest BCUT2D eigenvalue weighted by Gasteiger charge is 2.29. The number of nitrogens with one attached hydrogen (secondary N) is 4. The van der Waals surface area contributed by atoms with Crippen molar-refractivity contribution in [3.05, 3.63) is 24.3 Å². The summed E-state index contributed by atoms with van der Waals surface area (Å²) >= 11 is 0. The molecule has 0 aromatic heterocycles. The zero-order valence-electron chi connectivity index (χ0n) is 68.4. The summed E-state index contributed by atoms with van der Waals surface area (Å²) in [7, 11) is -9.38. The Morgan fingerprint density at radius 1 is 0.333 bits per heavy atom. The molecule has 0 heterocycles. The maximum Gasteiger partial charge on any atom is 0.472 e. The van der Waals surface area contributed by atoms with Crippen LogP contribution in [0.3, 0.4) is 0 Å². The number of carbonyl (C=O) groups is 6. The van der Waals surface area contributed by atoms with Crippen LogP contribution < -0.4 is 21.3 Å². The highest BCUT2D eigenvalue weighted by molar-refractivity contribution is 7.47. The number of carbonyl (C=O) groups excluding carboxylic acids is 6. The Morgan fingerprint density at radius 3 is 0.981 bits per heavy atom. The minimum absolute atomic E-state index is 0.0915. The highest BCUT2D eigenvalue weighted by atomic mass is 31.2. The normalized spacial score (nSPS) is 14.6. The number of hydrogen-bond acceptors (Lipinski definition) is 18. The van der Waals surface area contributed by atoms with Crippen LogP contribution in [0.5, 0.6) is 0 Å². The van der Waals surface area contributed by atoms with E-state index in [9.17, 15) is 57.9 Å². The van der Waals surface area contributed by atoms with Gasteiger partial charge in [-0.1, -0.05) is 233 Å². The topological polar surface area (TPSA) is 339 Å². The second-order valence-electron chi connectivity index (χ2n) is 29.2. The minimum atomic E-state index is -4.69. The molecule has 6 unspecified atom stereocenters. The van der Waals surface area contributed by atoms with Gasteiger partial charge in [0.15, 0.2) is 0 Å². The van der Waals surface area contributed by atoms with Gasteiger partial charge in [-0.3, -0.25) is 46.9 Å². The molecule has 0 bridgehead atoms. The van der Waals surface area contributed by atoms with E-state index in [-0.39, 0.29) is 115 Å². The zero-order chi connectivity index (χ0) is 79.7. The summed E-state index contributed by atoms with van der Waals surface area (Å²) in [4.78, 5) is 100.0. The molecule has 4 amide bonds. The van der Waals surface area contributed by atoms with Gasteiger partial charge >= 0.3 is 27.6 Å². The van der Waals surface area contributed by atoms with Crippen LogP contribution in [0.4, 0.5) is 0 Å². The molecular formula is C82H156N4O20P2. The average Bonchev–Trinajstić information content (AvgIpc) is 0.907. The summed E-state index contributed by atoms with van der Waals surface area (Å²) in [6.45, 7) is 11.3. The molecule has 0 aliphatic heterocycles. The van der Waals surface area contributed by atoms with Gasteiger partial charge in [-0.2, -0.15) is 0 Å². The van der Waals surface area contributed by atoms with Crippen LogP contribution in [0.25, 0.3) is 0 Å². The van der Waals surface area contributed by atoms with Crippen molar-refractivity contribution >= 4 is 51.2 Å². The summed E-state index contributed by atoms with van der Waals surface area (Å²) in [6.07, 6.45) is 46.9.